The lowest BCUT2D eigenvalue weighted by atomic mass is 10.0. The van der Waals surface area contributed by atoms with Gasteiger partial charge in [-0.25, -0.2) is 4.39 Å². The Morgan fingerprint density at radius 3 is 3.00 bits per heavy atom. The van der Waals surface area contributed by atoms with Crippen LogP contribution in [0.15, 0.2) is 18.2 Å². The molecule has 0 saturated carbocycles. The van der Waals surface area contributed by atoms with E-state index in [9.17, 15) is 4.39 Å². The highest BCUT2D eigenvalue weighted by molar-refractivity contribution is 5.56. The molecule has 112 valence electrons. The van der Waals surface area contributed by atoms with Gasteiger partial charge in [-0.1, -0.05) is 13.0 Å². The van der Waals surface area contributed by atoms with Crippen molar-refractivity contribution in [2.75, 3.05) is 31.1 Å². The predicted molar refractivity (Wildman–Crippen MR) is 80.5 cm³/mol. The summed E-state index contributed by atoms with van der Waals surface area (Å²) in [6, 6.07) is 5.33. The summed E-state index contributed by atoms with van der Waals surface area (Å²) in [4.78, 5) is 2.26. The fraction of sp³-hybridized carbons (Fsp3) is 0.625. The SMILES string of the molecule is CCNC(C)c1c(F)cccc1N1CCC(CCO)C1. The lowest BCUT2D eigenvalue weighted by Crippen LogP contribution is -2.26. The number of halogens is 1. The van der Waals surface area contributed by atoms with E-state index in [0.717, 1.165) is 43.7 Å². The largest absolute Gasteiger partial charge is 0.396 e. The van der Waals surface area contributed by atoms with Gasteiger partial charge in [0, 0.05) is 37.0 Å². The van der Waals surface area contributed by atoms with Crippen LogP contribution in [0.5, 0.6) is 0 Å². The van der Waals surface area contributed by atoms with Gasteiger partial charge in [0.05, 0.1) is 0 Å². The molecule has 4 heteroatoms. The molecule has 0 radical (unpaired) electrons. The summed E-state index contributed by atoms with van der Waals surface area (Å²) in [5.41, 5.74) is 1.76. The average Bonchev–Trinajstić information content (AvgIpc) is 2.87. The van der Waals surface area contributed by atoms with Crippen LogP contribution < -0.4 is 10.2 Å². The first-order valence-electron chi connectivity index (χ1n) is 7.55. The van der Waals surface area contributed by atoms with Crippen molar-refractivity contribution in [3.63, 3.8) is 0 Å². The molecule has 1 heterocycles. The Morgan fingerprint density at radius 1 is 1.50 bits per heavy atom. The van der Waals surface area contributed by atoms with E-state index in [1.807, 2.05) is 19.9 Å². The zero-order valence-corrected chi connectivity index (χ0v) is 12.4. The maximum atomic E-state index is 14.2. The number of hydrogen-bond donors (Lipinski definition) is 2. The van der Waals surface area contributed by atoms with Gasteiger partial charge in [-0.15, -0.1) is 0 Å². The van der Waals surface area contributed by atoms with Gasteiger partial charge in [0.1, 0.15) is 5.82 Å². The van der Waals surface area contributed by atoms with Crippen molar-refractivity contribution in [2.45, 2.75) is 32.7 Å². The summed E-state index contributed by atoms with van der Waals surface area (Å²) in [5.74, 6) is 0.382. The molecule has 1 fully saturated rings. The van der Waals surface area contributed by atoms with E-state index >= 15 is 0 Å². The minimum absolute atomic E-state index is 0.00749. The Hall–Kier alpha value is -1.13. The average molecular weight is 280 g/mol. The van der Waals surface area contributed by atoms with E-state index in [0.29, 0.717) is 5.92 Å². The molecule has 1 aliphatic heterocycles. The van der Waals surface area contributed by atoms with E-state index in [1.54, 1.807) is 6.07 Å². The summed E-state index contributed by atoms with van der Waals surface area (Å²) >= 11 is 0. The second kappa shape index (κ2) is 7.04. The van der Waals surface area contributed by atoms with Crippen LogP contribution in [0, 0.1) is 11.7 Å². The monoisotopic (exact) mass is 280 g/mol. The van der Waals surface area contributed by atoms with Crippen LogP contribution >= 0.6 is 0 Å². The third-order valence-electron chi connectivity index (χ3n) is 4.14. The van der Waals surface area contributed by atoms with Crippen LogP contribution in [0.1, 0.15) is 38.3 Å². The van der Waals surface area contributed by atoms with Crippen molar-refractivity contribution in [2.24, 2.45) is 5.92 Å². The van der Waals surface area contributed by atoms with Crippen LogP contribution in [0.25, 0.3) is 0 Å². The number of hydrogen-bond acceptors (Lipinski definition) is 3. The summed E-state index contributed by atoms with van der Waals surface area (Å²) < 4.78 is 14.2. The van der Waals surface area contributed by atoms with Crippen LogP contribution in [0.3, 0.4) is 0 Å². The molecule has 2 atom stereocenters. The summed E-state index contributed by atoms with van der Waals surface area (Å²) in [6.45, 7) is 6.96. The van der Waals surface area contributed by atoms with Crippen LogP contribution in [-0.4, -0.2) is 31.3 Å². The lowest BCUT2D eigenvalue weighted by molar-refractivity contribution is 0.263. The molecular weight excluding hydrogens is 255 g/mol. The van der Waals surface area contributed by atoms with E-state index in [2.05, 4.69) is 10.2 Å². The predicted octanol–water partition coefficient (Wildman–Crippen LogP) is 2.70. The molecule has 0 bridgehead atoms. The Kier molecular flexibility index (Phi) is 5.38. The van der Waals surface area contributed by atoms with Gasteiger partial charge in [0.25, 0.3) is 0 Å². The molecule has 0 aromatic heterocycles. The third-order valence-corrected chi connectivity index (χ3v) is 4.14. The summed E-state index contributed by atoms with van der Waals surface area (Å²) in [7, 11) is 0. The molecular formula is C16H25FN2O. The Balaban J connectivity index is 2.21. The molecule has 2 N–H and O–H groups in total. The Labute approximate surface area is 120 Å². The molecule has 1 aliphatic rings. The van der Waals surface area contributed by atoms with Gasteiger partial charge >= 0.3 is 0 Å². The highest BCUT2D eigenvalue weighted by atomic mass is 19.1. The first-order chi connectivity index (χ1) is 9.67. The van der Waals surface area contributed by atoms with Gasteiger partial charge in [0.2, 0.25) is 0 Å². The molecule has 2 unspecified atom stereocenters. The van der Waals surface area contributed by atoms with Gasteiger partial charge < -0.3 is 15.3 Å². The number of benzene rings is 1. The number of rotatable bonds is 6. The number of anilines is 1. The van der Waals surface area contributed by atoms with E-state index < -0.39 is 0 Å². The normalized spacial score (nSPS) is 20.4. The van der Waals surface area contributed by atoms with Gasteiger partial charge in [0.15, 0.2) is 0 Å². The highest BCUT2D eigenvalue weighted by Crippen LogP contribution is 2.33. The lowest BCUT2D eigenvalue weighted by Gasteiger charge is -2.25. The number of aliphatic hydroxyl groups is 1. The second-order valence-electron chi connectivity index (χ2n) is 5.56. The fourth-order valence-electron chi connectivity index (χ4n) is 3.11. The van der Waals surface area contributed by atoms with Crippen LogP contribution in [0.4, 0.5) is 10.1 Å². The molecule has 1 saturated heterocycles. The Bertz CT molecular complexity index is 438. The smallest absolute Gasteiger partial charge is 0.130 e. The first kappa shape index (κ1) is 15.3. The standard InChI is InChI=1S/C16H25FN2O/c1-3-18-12(2)16-14(17)5-4-6-15(16)19-9-7-13(11-19)8-10-20/h4-6,12-13,18,20H,3,7-11H2,1-2H3. The van der Waals surface area contributed by atoms with Crippen molar-refractivity contribution in [3.05, 3.63) is 29.6 Å². The number of nitrogens with zero attached hydrogens (tertiary/aromatic N) is 1. The second-order valence-corrected chi connectivity index (χ2v) is 5.56. The molecule has 0 amide bonds. The molecule has 2 rings (SSSR count). The molecule has 0 spiro atoms. The molecule has 1 aromatic rings. The minimum Gasteiger partial charge on any atom is -0.396 e. The van der Waals surface area contributed by atoms with Crippen LogP contribution in [0.2, 0.25) is 0 Å². The topological polar surface area (TPSA) is 35.5 Å². The van der Waals surface area contributed by atoms with Crippen LogP contribution in [-0.2, 0) is 0 Å². The molecule has 20 heavy (non-hydrogen) atoms. The first-order valence-corrected chi connectivity index (χ1v) is 7.55. The Morgan fingerprint density at radius 2 is 2.30 bits per heavy atom. The van der Waals surface area contributed by atoms with Gasteiger partial charge in [-0.2, -0.15) is 0 Å². The molecule has 3 nitrogen and oxygen atoms in total. The fourth-order valence-corrected chi connectivity index (χ4v) is 3.11. The van der Waals surface area contributed by atoms with Gasteiger partial charge in [-0.05, 0) is 44.4 Å². The zero-order chi connectivity index (χ0) is 14.5. The number of nitrogens with one attached hydrogen (secondary N) is 1. The van der Waals surface area contributed by atoms with Crippen molar-refractivity contribution >= 4 is 5.69 Å². The third kappa shape index (κ3) is 3.30. The van der Waals surface area contributed by atoms with E-state index in [-0.39, 0.29) is 18.5 Å². The van der Waals surface area contributed by atoms with E-state index in [1.165, 1.54) is 6.07 Å². The highest BCUT2D eigenvalue weighted by Gasteiger charge is 2.26. The minimum atomic E-state index is -0.137. The molecule has 1 aromatic carbocycles. The van der Waals surface area contributed by atoms with Crippen molar-refractivity contribution in [3.8, 4) is 0 Å². The van der Waals surface area contributed by atoms with E-state index in [4.69, 9.17) is 5.11 Å². The summed E-state index contributed by atoms with van der Waals surface area (Å²) in [5, 5.41) is 12.3. The maximum Gasteiger partial charge on any atom is 0.130 e. The molecule has 0 aliphatic carbocycles. The maximum absolute atomic E-state index is 14.2. The van der Waals surface area contributed by atoms with Crippen molar-refractivity contribution in [1.29, 1.82) is 0 Å². The van der Waals surface area contributed by atoms with Gasteiger partial charge in [-0.3, -0.25) is 0 Å². The zero-order valence-electron chi connectivity index (χ0n) is 12.4. The quantitative estimate of drug-likeness (QED) is 0.841. The summed E-state index contributed by atoms with van der Waals surface area (Å²) in [6.07, 6.45) is 1.91. The van der Waals surface area contributed by atoms with Crippen molar-refractivity contribution < 1.29 is 9.50 Å². The van der Waals surface area contributed by atoms with Crippen molar-refractivity contribution in [1.82, 2.24) is 5.32 Å². The number of aliphatic hydroxyl groups excluding tert-OH is 1.